The number of hydrogen-bond acceptors (Lipinski definition) is 9. The van der Waals surface area contributed by atoms with Gasteiger partial charge in [-0.1, -0.05) is 30.3 Å². The smallest absolute Gasteiger partial charge is 0.354 e. The summed E-state index contributed by atoms with van der Waals surface area (Å²) in [5.74, 6) is -0.681. The Bertz CT molecular complexity index is 1650. The van der Waals surface area contributed by atoms with Crippen molar-refractivity contribution >= 4 is 27.6 Å². The molecule has 3 unspecified atom stereocenters. The van der Waals surface area contributed by atoms with Crippen LogP contribution in [0.5, 0.6) is 11.5 Å². The van der Waals surface area contributed by atoms with Gasteiger partial charge in [-0.3, -0.25) is 0 Å². The number of carbonyl (C=O) groups is 1. The standard InChI is InChI=1S/C33H40ClFN4O6S/c1-5-43-32(40)22(2)38-16-15-37(21-38)18-24-19-39(46(4,41)42)29(24)20-36-13-11-23(12-14-36)26-7-6-8-30-31(26)45-33(3,44-30)27-10-9-25(34)17-28(27)35/h6-10,15-17,23-24,29H,2,5,11-14,18-21H2,1,3-4H3. The molecule has 2 saturated heterocycles. The van der Waals surface area contributed by atoms with Crippen LogP contribution in [-0.2, 0) is 25.3 Å². The molecule has 0 spiro atoms. The minimum Gasteiger partial charge on any atom is -0.461 e. The maximum absolute atomic E-state index is 14.8. The van der Waals surface area contributed by atoms with Gasteiger partial charge in [-0.2, -0.15) is 4.31 Å². The minimum atomic E-state index is -3.35. The van der Waals surface area contributed by atoms with Gasteiger partial charge < -0.3 is 28.9 Å². The molecule has 248 valence electrons. The molecule has 2 aromatic carbocycles. The highest BCUT2D eigenvalue weighted by molar-refractivity contribution is 7.88. The molecule has 4 heterocycles. The average Bonchev–Trinajstić information content (AvgIpc) is 3.61. The molecule has 0 radical (unpaired) electrons. The van der Waals surface area contributed by atoms with Crippen molar-refractivity contribution in [1.82, 2.24) is 19.0 Å². The first-order chi connectivity index (χ1) is 21.9. The van der Waals surface area contributed by atoms with Crippen LogP contribution in [0.25, 0.3) is 0 Å². The highest BCUT2D eigenvalue weighted by Gasteiger charge is 2.46. The Morgan fingerprint density at radius 3 is 2.61 bits per heavy atom. The number of sulfonamides is 1. The molecule has 10 nitrogen and oxygen atoms in total. The Kier molecular flexibility index (Phi) is 9.01. The van der Waals surface area contributed by atoms with Crippen molar-refractivity contribution in [1.29, 1.82) is 0 Å². The van der Waals surface area contributed by atoms with E-state index in [1.165, 1.54) is 12.3 Å². The summed E-state index contributed by atoms with van der Waals surface area (Å²) >= 11 is 5.97. The molecule has 0 bridgehead atoms. The lowest BCUT2D eigenvalue weighted by molar-refractivity contribution is -0.140. The molecule has 13 heteroatoms. The monoisotopic (exact) mass is 674 g/mol. The van der Waals surface area contributed by atoms with Crippen molar-refractivity contribution in [3.63, 3.8) is 0 Å². The molecule has 46 heavy (non-hydrogen) atoms. The van der Waals surface area contributed by atoms with E-state index in [9.17, 15) is 17.6 Å². The summed E-state index contributed by atoms with van der Waals surface area (Å²) < 4.78 is 59.2. The number of fused-ring (bicyclic) bond motifs is 1. The summed E-state index contributed by atoms with van der Waals surface area (Å²) in [6, 6.07) is 10.1. The van der Waals surface area contributed by atoms with Gasteiger partial charge in [0.2, 0.25) is 10.0 Å². The maximum atomic E-state index is 14.8. The molecule has 0 aliphatic carbocycles. The van der Waals surface area contributed by atoms with Crippen molar-refractivity contribution in [2.45, 2.75) is 44.4 Å². The number of piperidine rings is 1. The largest absolute Gasteiger partial charge is 0.461 e. The topological polar surface area (TPSA) is 91.9 Å². The summed E-state index contributed by atoms with van der Waals surface area (Å²) in [7, 11) is -3.35. The predicted octanol–water partition coefficient (Wildman–Crippen LogP) is 4.69. The van der Waals surface area contributed by atoms with Gasteiger partial charge in [0.15, 0.2) is 11.5 Å². The van der Waals surface area contributed by atoms with Crippen LogP contribution >= 0.6 is 11.6 Å². The first-order valence-electron chi connectivity index (χ1n) is 15.6. The molecule has 2 aromatic rings. The van der Waals surface area contributed by atoms with Gasteiger partial charge in [0, 0.05) is 61.5 Å². The molecule has 3 atom stereocenters. The van der Waals surface area contributed by atoms with Crippen LogP contribution in [0, 0.1) is 11.7 Å². The van der Waals surface area contributed by atoms with Crippen LogP contribution in [-0.4, -0.2) is 91.7 Å². The Balaban J connectivity index is 1.07. The lowest BCUT2D eigenvalue weighted by Crippen LogP contribution is -2.64. The van der Waals surface area contributed by atoms with E-state index in [1.807, 2.05) is 24.4 Å². The fourth-order valence-electron chi connectivity index (χ4n) is 6.91. The Labute approximate surface area is 275 Å². The average molecular weight is 675 g/mol. The van der Waals surface area contributed by atoms with E-state index in [-0.39, 0.29) is 35.7 Å². The van der Waals surface area contributed by atoms with E-state index >= 15 is 0 Å². The van der Waals surface area contributed by atoms with Gasteiger partial charge in [-0.15, -0.1) is 0 Å². The van der Waals surface area contributed by atoms with E-state index in [0.29, 0.717) is 42.8 Å². The van der Waals surface area contributed by atoms with Gasteiger partial charge in [-0.25, -0.2) is 17.6 Å². The number of benzene rings is 2. The summed E-state index contributed by atoms with van der Waals surface area (Å²) in [5, 5.41) is 0.303. The van der Waals surface area contributed by atoms with E-state index in [0.717, 1.165) is 31.5 Å². The van der Waals surface area contributed by atoms with Gasteiger partial charge in [0.25, 0.3) is 5.79 Å². The van der Waals surface area contributed by atoms with Crippen molar-refractivity contribution in [3.8, 4) is 11.5 Å². The second-order valence-electron chi connectivity index (χ2n) is 12.5. The van der Waals surface area contributed by atoms with E-state index in [2.05, 4.69) is 16.4 Å². The second kappa shape index (κ2) is 12.7. The molecule has 0 aromatic heterocycles. The third kappa shape index (κ3) is 6.45. The Morgan fingerprint density at radius 2 is 1.91 bits per heavy atom. The first-order valence-corrected chi connectivity index (χ1v) is 17.8. The van der Waals surface area contributed by atoms with Crippen molar-refractivity contribution in [3.05, 3.63) is 83.0 Å². The van der Waals surface area contributed by atoms with Crippen molar-refractivity contribution in [2.75, 3.05) is 52.3 Å². The minimum absolute atomic E-state index is 0.141. The Hall–Kier alpha value is -3.32. The molecule has 0 saturated carbocycles. The first kappa shape index (κ1) is 32.6. The van der Waals surface area contributed by atoms with Crippen molar-refractivity contribution in [2.24, 2.45) is 5.92 Å². The molecular formula is C33H40ClFN4O6S. The van der Waals surface area contributed by atoms with Gasteiger partial charge >= 0.3 is 5.97 Å². The lowest BCUT2D eigenvalue weighted by atomic mass is 9.86. The summed E-state index contributed by atoms with van der Waals surface area (Å²) in [6.07, 6.45) is 6.71. The quantitative estimate of drug-likeness (QED) is 0.263. The van der Waals surface area contributed by atoms with E-state index in [1.54, 1.807) is 41.4 Å². The van der Waals surface area contributed by atoms with Gasteiger partial charge in [0.05, 0.1) is 25.1 Å². The maximum Gasteiger partial charge on any atom is 0.354 e. The molecule has 6 rings (SSSR count). The molecule has 0 N–H and O–H groups in total. The summed E-state index contributed by atoms with van der Waals surface area (Å²) in [6.45, 7) is 11.4. The number of nitrogens with zero attached hydrogens (tertiary/aromatic N) is 4. The highest BCUT2D eigenvalue weighted by Crippen LogP contribution is 2.50. The molecule has 2 fully saturated rings. The van der Waals surface area contributed by atoms with E-state index < -0.39 is 27.6 Å². The number of rotatable bonds is 10. The van der Waals surface area contributed by atoms with Crippen molar-refractivity contribution < 1.29 is 31.8 Å². The van der Waals surface area contributed by atoms with Crippen LogP contribution in [0.2, 0.25) is 5.02 Å². The molecular weight excluding hydrogens is 635 g/mol. The van der Waals surface area contributed by atoms with Crippen LogP contribution in [0.3, 0.4) is 0 Å². The third-order valence-corrected chi connectivity index (χ3v) is 10.9. The number of carbonyl (C=O) groups excluding carboxylic acids is 1. The fourth-order valence-corrected chi connectivity index (χ4v) is 8.26. The number of para-hydroxylation sites is 1. The summed E-state index contributed by atoms with van der Waals surface area (Å²) in [5.41, 5.74) is 1.58. The SMILES string of the molecule is C=C(C(=O)OCC)N1C=CN(CC2CN(S(C)(=O)=O)C2CN2CCC(c3cccc4c3OC(C)(c3ccc(Cl)cc3F)O4)CC2)C1. The number of likely N-dealkylation sites (tertiary alicyclic amines) is 1. The van der Waals surface area contributed by atoms with Crippen LogP contribution < -0.4 is 9.47 Å². The third-order valence-electron chi connectivity index (χ3n) is 9.38. The molecule has 0 amide bonds. The number of halogens is 2. The number of hydrogen-bond donors (Lipinski definition) is 0. The summed E-state index contributed by atoms with van der Waals surface area (Å²) in [4.78, 5) is 18.3. The fraction of sp³-hybridized carbons (Fsp3) is 0.485. The van der Waals surface area contributed by atoms with Gasteiger partial charge in [-0.05, 0) is 63.0 Å². The zero-order valence-corrected chi connectivity index (χ0v) is 27.9. The normalized spacial score (nSPS) is 25.2. The van der Waals surface area contributed by atoms with E-state index in [4.69, 9.17) is 25.8 Å². The van der Waals surface area contributed by atoms with Crippen LogP contribution in [0.1, 0.15) is 43.7 Å². The van der Waals surface area contributed by atoms with Crippen LogP contribution in [0.15, 0.2) is 61.1 Å². The lowest BCUT2D eigenvalue weighted by Gasteiger charge is -2.50. The highest BCUT2D eigenvalue weighted by atomic mass is 35.5. The zero-order chi connectivity index (χ0) is 32.8. The number of ether oxygens (including phenoxy) is 3. The molecule has 4 aliphatic rings. The Morgan fingerprint density at radius 1 is 1.15 bits per heavy atom. The zero-order valence-electron chi connectivity index (χ0n) is 26.3. The molecule has 4 aliphatic heterocycles. The van der Waals surface area contributed by atoms with Crippen LogP contribution in [0.4, 0.5) is 4.39 Å². The number of esters is 1. The second-order valence-corrected chi connectivity index (χ2v) is 14.9. The van der Waals surface area contributed by atoms with Gasteiger partial charge in [0.1, 0.15) is 11.5 Å². The predicted molar refractivity (Wildman–Crippen MR) is 172 cm³/mol.